The Hall–Kier alpha value is -1.91. The van der Waals surface area contributed by atoms with Gasteiger partial charge in [0.25, 0.3) is 5.56 Å². The van der Waals surface area contributed by atoms with Crippen LogP contribution in [-0.2, 0) is 6.42 Å². The Bertz CT molecular complexity index is 583. The highest BCUT2D eigenvalue weighted by atomic mass is 16.1. The third kappa shape index (κ3) is 2.50. The van der Waals surface area contributed by atoms with Gasteiger partial charge in [-0.1, -0.05) is 13.3 Å². The van der Waals surface area contributed by atoms with Crippen molar-refractivity contribution in [3.63, 3.8) is 0 Å². The summed E-state index contributed by atoms with van der Waals surface area (Å²) >= 11 is 0. The Morgan fingerprint density at radius 3 is 2.89 bits per heavy atom. The molecule has 2 aromatic rings. The average Bonchev–Trinajstić information content (AvgIpc) is 2.77. The normalized spacial score (nSPS) is 11.1. The van der Waals surface area contributed by atoms with Crippen molar-refractivity contribution in [2.24, 2.45) is 0 Å². The van der Waals surface area contributed by atoms with Gasteiger partial charge in [0.1, 0.15) is 5.69 Å². The minimum atomic E-state index is -0.111. The first kappa shape index (κ1) is 12.5. The van der Waals surface area contributed by atoms with Gasteiger partial charge in [-0.25, -0.2) is 9.97 Å². The predicted molar refractivity (Wildman–Crippen MR) is 70.5 cm³/mol. The zero-order valence-electron chi connectivity index (χ0n) is 11.0. The van der Waals surface area contributed by atoms with Gasteiger partial charge in [-0.15, -0.1) is 0 Å². The maximum Gasteiger partial charge on any atom is 0.251 e. The van der Waals surface area contributed by atoms with E-state index in [0.29, 0.717) is 5.82 Å². The fourth-order valence-corrected chi connectivity index (χ4v) is 1.91. The highest BCUT2D eigenvalue weighted by Crippen LogP contribution is 2.18. The molecular formula is C13H18N4O. The van der Waals surface area contributed by atoms with Gasteiger partial charge in [0, 0.05) is 17.8 Å². The molecule has 0 amide bonds. The topological polar surface area (TPSA) is 63.6 Å². The van der Waals surface area contributed by atoms with E-state index in [1.165, 1.54) is 0 Å². The summed E-state index contributed by atoms with van der Waals surface area (Å²) in [7, 11) is 0. The van der Waals surface area contributed by atoms with Crippen LogP contribution in [0.4, 0.5) is 0 Å². The molecule has 2 heterocycles. The van der Waals surface area contributed by atoms with Crippen LogP contribution in [0.5, 0.6) is 0 Å². The summed E-state index contributed by atoms with van der Waals surface area (Å²) in [6.07, 6.45) is 5.27. The Kier molecular flexibility index (Phi) is 3.60. The molecule has 0 saturated carbocycles. The summed E-state index contributed by atoms with van der Waals surface area (Å²) in [6.45, 7) is 6.21. The van der Waals surface area contributed by atoms with Gasteiger partial charge in [-0.3, -0.25) is 4.79 Å². The van der Waals surface area contributed by atoms with E-state index in [-0.39, 0.29) is 11.6 Å². The second-order valence-electron chi connectivity index (χ2n) is 4.62. The van der Waals surface area contributed by atoms with Crippen molar-refractivity contribution in [2.75, 3.05) is 0 Å². The summed E-state index contributed by atoms with van der Waals surface area (Å²) in [6, 6.07) is 1.84. The molecule has 18 heavy (non-hydrogen) atoms. The van der Waals surface area contributed by atoms with E-state index < -0.39 is 0 Å². The number of nitrogens with one attached hydrogen (secondary N) is 1. The van der Waals surface area contributed by atoms with Gasteiger partial charge in [0.15, 0.2) is 5.82 Å². The summed E-state index contributed by atoms with van der Waals surface area (Å²) < 4.78 is 1.99. The van der Waals surface area contributed by atoms with Crippen molar-refractivity contribution >= 4 is 0 Å². The molecule has 96 valence electrons. The molecule has 0 bridgehead atoms. The van der Waals surface area contributed by atoms with Gasteiger partial charge in [-0.2, -0.15) is 0 Å². The summed E-state index contributed by atoms with van der Waals surface area (Å²) in [5, 5.41) is 0. The molecule has 1 N–H and O–H groups in total. The van der Waals surface area contributed by atoms with Gasteiger partial charge in [-0.05, 0) is 20.3 Å². The first-order valence-electron chi connectivity index (χ1n) is 6.24. The number of H-pyrrole nitrogens is 1. The number of aryl methyl sites for hydroxylation is 1. The minimum absolute atomic E-state index is 0.111. The first-order chi connectivity index (χ1) is 8.61. The van der Waals surface area contributed by atoms with Crippen molar-refractivity contribution in [3.8, 4) is 11.5 Å². The Morgan fingerprint density at radius 2 is 2.22 bits per heavy atom. The van der Waals surface area contributed by atoms with Crippen LogP contribution in [0, 0.1) is 0 Å². The SMILES string of the molecule is CCCc1cc(=O)[nH]c(-c2cncn2C(C)C)n1. The largest absolute Gasteiger partial charge is 0.326 e. The van der Waals surface area contributed by atoms with Gasteiger partial charge >= 0.3 is 0 Å². The fraction of sp³-hybridized carbons (Fsp3) is 0.462. The number of aromatic amines is 1. The molecule has 0 aliphatic rings. The van der Waals surface area contributed by atoms with Crippen LogP contribution in [-0.4, -0.2) is 19.5 Å². The van der Waals surface area contributed by atoms with Gasteiger partial charge in [0.05, 0.1) is 12.5 Å². The summed E-state index contributed by atoms with van der Waals surface area (Å²) in [5.74, 6) is 0.595. The van der Waals surface area contributed by atoms with E-state index in [0.717, 1.165) is 24.2 Å². The molecule has 0 aliphatic carbocycles. The lowest BCUT2D eigenvalue weighted by atomic mass is 10.2. The van der Waals surface area contributed by atoms with E-state index in [9.17, 15) is 4.79 Å². The van der Waals surface area contributed by atoms with E-state index in [1.807, 2.05) is 4.57 Å². The highest BCUT2D eigenvalue weighted by Gasteiger charge is 2.11. The van der Waals surface area contributed by atoms with E-state index in [1.54, 1.807) is 18.6 Å². The quantitative estimate of drug-likeness (QED) is 0.899. The van der Waals surface area contributed by atoms with Crippen LogP contribution in [0.2, 0.25) is 0 Å². The lowest BCUT2D eigenvalue weighted by Crippen LogP contribution is -2.12. The van der Waals surface area contributed by atoms with E-state index >= 15 is 0 Å². The second kappa shape index (κ2) is 5.16. The Morgan fingerprint density at radius 1 is 1.44 bits per heavy atom. The number of imidazole rings is 1. The van der Waals surface area contributed by atoms with Crippen molar-refractivity contribution in [1.82, 2.24) is 19.5 Å². The third-order valence-corrected chi connectivity index (χ3v) is 2.77. The molecule has 2 rings (SSSR count). The van der Waals surface area contributed by atoms with Gasteiger partial charge < -0.3 is 9.55 Å². The zero-order chi connectivity index (χ0) is 13.1. The number of rotatable bonds is 4. The molecule has 0 aromatic carbocycles. The van der Waals surface area contributed by atoms with Crippen LogP contribution in [0.3, 0.4) is 0 Å². The van der Waals surface area contributed by atoms with Crippen molar-refractivity contribution in [2.45, 2.75) is 39.7 Å². The Labute approximate surface area is 106 Å². The zero-order valence-corrected chi connectivity index (χ0v) is 11.0. The smallest absolute Gasteiger partial charge is 0.251 e. The lowest BCUT2D eigenvalue weighted by Gasteiger charge is -2.11. The molecule has 2 aromatic heterocycles. The first-order valence-corrected chi connectivity index (χ1v) is 6.24. The van der Waals surface area contributed by atoms with E-state index in [2.05, 4.69) is 35.7 Å². The molecule has 0 atom stereocenters. The van der Waals surface area contributed by atoms with Crippen LogP contribution >= 0.6 is 0 Å². The highest BCUT2D eigenvalue weighted by molar-refractivity contribution is 5.48. The van der Waals surface area contributed by atoms with E-state index in [4.69, 9.17) is 0 Å². The van der Waals surface area contributed by atoms with Crippen LogP contribution in [0.15, 0.2) is 23.4 Å². The second-order valence-corrected chi connectivity index (χ2v) is 4.62. The molecule has 5 nitrogen and oxygen atoms in total. The summed E-state index contributed by atoms with van der Waals surface area (Å²) in [4.78, 5) is 23.0. The molecule has 5 heteroatoms. The van der Waals surface area contributed by atoms with Crippen LogP contribution < -0.4 is 5.56 Å². The number of nitrogens with zero attached hydrogens (tertiary/aromatic N) is 3. The molecule has 0 unspecified atom stereocenters. The molecule has 0 spiro atoms. The maximum absolute atomic E-state index is 11.6. The van der Waals surface area contributed by atoms with Crippen molar-refractivity contribution in [1.29, 1.82) is 0 Å². The van der Waals surface area contributed by atoms with Gasteiger partial charge in [0.2, 0.25) is 0 Å². The van der Waals surface area contributed by atoms with Crippen molar-refractivity contribution in [3.05, 3.63) is 34.6 Å². The average molecular weight is 246 g/mol. The third-order valence-electron chi connectivity index (χ3n) is 2.77. The molecule has 0 fully saturated rings. The Balaban J connectivity index is 2.50. The maximum atomic E-state index is 11.6. The lowest BCUT2D eigenvalue weighted by molar-refractivity contribution is 0.603. The van der Waals surface area contributed by atoms with Crippen LogP contribution in [0.25, 0.3) is 11.5 Å². The number of hydrogen-bond acceptors (Lipinski definition) is 3. The minimum Gasteiger partial charge on any atom is -0.326 e. The number of hydrogen-bond donors (Lipinski definition) is 1. The monoisotopic (exact) mass is 246 g/mol. The molecule has 0 saturated heterocycles. The summed E-state index contributed by atoms with van der Waals surface area (Å²) in [5.41, 5.74) is 1.56. The standard InChI is InChI=1S/C13H18N4O/c1-4-5-10-6-12(18)16-13(15-10)11-7-14-8-17(11)9(2)3/h6-9H,4-5H2,1-3H3,(H,15,16,18). The number of aromatic nitrogens is 4. The predicted octanol–water partition coefficient (Wildman–Crippen LogP) is 2.17. The molecule has 0 radical (unpaired) electrons. The molecule has 0 aliphatic heterocycles. The van der Waals surface area contributed by atoms with Crippen molar-refractivity contribution < 1.29 is 0 Å². The molecular weight excluding hydrogens is 228 g/mol. The van der Waals surface area contributed by atoms with Crippen LogP contribution in [0.1, 0.15) is 38.9 Å². The fourth-order valence-electron chi connectivity index (χ4n) is 1.91.